The fraction of sp³-hybridized carbons (Fsp3) is 1.00. The number of hydrogen-bond donors (Lipinski definition) is 4. The summed E-state index contributed by atoms with van der Waals surface area (Å²) in [6.45, 7) is 1.63. The molecule has 0 saturated carbocycles. The molecule has 0 aliphatic carbocycles. The Kier molecular flexibility index (Phi) is 2.46. The molecular weight excluding hydrogens is 150 g/mol. The van der Waals surface area contributed by atoms with Gasteiger partial charge in [-0.05, 0) is 6.92 Å². The van der Waals surface area contributed by atoms with Crippen molar-refractivity contribution in [1.29, 1.82) is 0 Å². The highest BCUT2D eigenvalue weighted by Gasteiger charge is 2.39. The summed E-state index contributed by atoms with van der Waals surface area (Å²) >= 11 is 0. The molecule has 5 unspecified atom stereocenters. The van der Waals surface area contributed by atoms with E-state index in [-0.39, 0.29) is 0 Å². The Morgan fingerprint density at radius 1 is 1.18 bits per heavy atom. The molecule has 0 radical (unpaired) electrons. The highest BCUT2D eigenvalue weighted by molar-refractivity contribution is 4.89. The maximum Gasteiger partial charge on any atom is 0.183 e. The third-order valence-corrected chi connectivity index (χ3v) is 1.93. The number of aliphatic hydroxyl groups is 3. The van der Waals surface area contributed by atoms with Gasteiger partial charge in [0.2, 0.25) is 0 Å². The monoisotopic (exact) mass is 163 g/mol. The van der Waals surface area contributed by atoms with E-state index < -0.39 is 30.6 Å². The van der Waals surface area contributed by atoms with Crippen molar-refractivity contribution in [2.24, 2.45) is 5.73 Å². The zero-order valence-corrected chi connectivity index (χ0v) is 6.21. The Balaban J connectivity index is 2.63. The first kappa shape index (κ1) is 8.89. The highest BCUT2D eigenvalue weighted by Crippen LogP contribution is 2.17. The third kappa shape index (κ3) is 1.52. The van der Waals surface area contributed by atoms with E-state index >= 15 is 0 Å². The van der Waals surface area contributed by atoms with Crippen LogP contribution in [0.2, 0.25) is 0 Å². The SMILES string of the molecule is CC1OC(O)C(O)C(O)C1N. The minimum atomic E-state index is -1.33. The first-order valence-electron chi connectivity index (χ1n) is 3.49. The first-order chi connectivity index (χ1) is 5.04. The standard InChI is InChI=1S/C6H13NO4/c1-2-3(7)4(8)5(9)6(10)11-2/h2-6,8-10H,7H2,1H3. The molecule has 5 heteroatoms. The van der Waals surface area contributed by atoms with E-state index in [9.17, 15) is 5.11 Å². The number of rotatable bonds is 0. The lowest BCUT2D eigenvalue weighted by Gasteiger charge is -2.37. The van der Waals surface area contributed by atoms with Crippen molar-refractivity contribution in [2.45, 2.75) is 37.6 Å². The predicted octanol–water partition coefficient (Wildman–Crippen LogP) is -2.23. The molecule has 0 aromatic heterocycles. The smallest absolute Gasteiger partial charge is 0.183 e. The van der Waals surface area contributed by atoms with Crippen LogP contribution in [-0.4, -0.2) is 46.0 Å². The Hall–Kier alpha value is -0.200. The van der Waals surface area contributed by atoms with Gasteiger partial charge in [0.1, 0.15) is 12.2 Å². The quantitative estimate of drug-likeness (QED) is 0.324. The van der Waals surface area contributed by atoms with Gasteiger partial charge < -0.3 is 25.8 Å². The normalized spacial score (nSPS) is 52.6. The molecular formula is C6H13NO4. The Morgan fingerprint density at radius 3 is 2.27 bits per heavy atom. The summed E-state index contributed by atoms with van der Waals surface area (Å²) in [5, 5.41) is 27.1. The van der Waals surface area contributed by atoms with Crippen molar-refractivity contribution in [3.05, 3.63) is 0 Å². The van der Waals surface area contributed by atoms with Gasteiger partial charge in [0.25, 0.3) is 0 Å². The van der Waals surface area contributed by atoms with Crippen molar-refractivity contribution >= 4 is 0 Å². The maximum absolute atomic E-state index is 9.17. The van der Waals surface area contributed by atoms with Gasteiger partial charge in [0, 0.05) is 0 Å². The molecule has 1 heterocycles. The summed E-state index contributed by atoms with van der Waals surface area (Å²) in [5.41, 5.74) is 5.43. The molecule has 1 aliphatic heterocycles. The van der Waals surface area contributed by atoms with Crippen molar-refractivity contribution in [3.63, 3.8) is 0 Å². The Bertz CT molecular complexity index is 129. The van der Waals surface area contributed by atoms with E-state index in [1.54, 1.807) is 6.92 Å². The largest absolute Gasteiger partial charge is 0.388 e. The molecule has 0 aromatic rings. The lowest BCUT2D eigenvalue weighted by atomic mass is 9.98. The van der Waals surface area contributed by atoms with Crippen molar-refractivity contribution in [1.82, 2.24) is 0 Å². The average Bonchev–Trinajstić information content (AvgIpc) is 1.97. The van der Waals surface area contributed by atoms with E-state index in [2.05, 4.69) is 0 Å². The van der Waals surface area contributed by atoms with Crippen LogP contribution in [0, 0.1) is 0 Å². The maximum atomic E-state index is 9.17. The number of ether oxygens (including phenoxy) is 1. The lowest BCUT2D eigenvalue weighted by molar-refractivity contribution is -0.249. The van der Waals surface area contributed by atoms with E-state index in [1.165, 1.54) is 0 Å². The van der Waals surface area contributed by atoms with Gasteiger partial charge in [-0.2, -0.15) is 0 Å². The Morgan fingerprint density at radius 2 is 1.73 bits per heavy atom. The van der Waals surface area contributed by atoms with Crippen LogP contribution in [0.1, 0.15) is 6.92 Å². The molecule has 1 aliphatic rings. The molecule has 0 aromatic carbocycles. The Labute approximate surface area is 64.4 Å². The molecule has 1 saturated heterocycles. The van der Waals surface area contributed by atoms with E-state index in [0.29, 0.717) is 0 Å². The van der Waals surface area contributed by atoms with E-state index in [4.69, 9.17) is 20.7 Å². The first-order valence-corrected chi connectivity index (χ1v) is 3.49. The number of aliphatic hydroxyl groups excluding tert-OH is 3. The minimum absolute atomic E-state index is 0.441. The molecule has 0 bridgehead atoms. The molecule has 1 rings (SSSR count). The van der Waals surface area contributed by atoms with Crippen LogP contribution < -0.4 is 5.73 Å². The molecule has 5 atom stereocenters. The van der Waals surface area contributed by atoms with Gasteiger partial charge in [-0.3, -0.25) is 0 Å². The van der Waals surface area contributed by atoms with Crippen molar-refractivity contribution in [2.75, 3.05) is 0 Å². The summed E-state index contributed by atoms with van der Waals surface area (Å²) in [6.07, 6.45) is -4.20. The van der Waals surface area contributed by atoms with Gasteiger partial charge >= 0.3 is 0 Å². The van der Waals surface area contributed by atoms with Crippen LogP contribution in [0.25, 0.3) is 0 Å². The van der Waals surface area contributed by atoms with Crippen LogP contribution in [-0.2, 0) is 4.74 Å². The van der Waals surface area contributed by atoms with Crippen LogP contribution in [0.5, 0.6) is 0 Å². The molecule has 0 spiro atoms. The van der Waals surface area contributed by atoms with Crippen LogP contribution in [0.3, 0.4) is 0 Å². The minimum Gasteiger partial charge on any atom is -0.388 e. The second-order valence-corrected chi connectivity index (χ2v) is 2.79. The van der Waals surface area contributed by atoms with Crippen molar-refractivity contribution < 1.29 is 20.1 Å². The second kappa shape index (κ2) is 3.04. The van der Waals surface area contributed by atoms with Crippen LogP contribution in [0.15, 0.2) is 0 Å². The van der Waals surface area contributed by atoms with Gasteiger partial charge in [0.15, 0.2) is 6.29 Å². The van der Waals surface area contributed by atoms with Gasteiger partial charge in [0.05, 0.1) is 12.1 Å². The fourth-order valence-electron chi connectivity index (χ4n) is 1.07. The highest BCUT2D eigenvalue weighted by atomic mass is 16.6. The van der Waals surface area contributed by atoms with Gasteiger partial charge in [-0.1, -0.05) is 0 Å². The van der Waals surface area contributed by atoms with Gasteiger partial charge in [-0.15, -0.1) is 0 Å². The molecule has 5 nitrogen and oxygen atoms in total. The fourth-order valence-corrected chi connectivity index (χ4v) is 1.07. The van der Waals surface area contributed by atoms with Crippen molar-refractivity contribution in [3.8, 4) is 0 Å². The predicted molar refractivity (Wildman–Crippen MR) is 36.5 cm³/mol. The summed E-state index contributed by atoms with van der Waals surface area (Å²) < 4.78 is 4.80. The lowest BCUT2D eigenvalue weighted by Crippen LogP contribution is -2.60. The number of nitrogens with two attached hydrogens (primary N) is 1. The summed E-state index contributed by atoms with van der Waals surface area (Å²) in [6, 6.07) is -0.645. The van der Waals surface area contributed by atoms with E-state index in [0.717, 1.165) is 0 Å². The third-order valence-electron chi connectivity index (χ3n) is 1.93. The molecule has 1 fully saturated rings. The van der Waals surface area contributed by atoms with E-state index in [1.807, 2.05) is 0 Å². The zero-order valence-electron chi connectivity index (χ0n) is 6.21. The van der Waals surface area contributed by atoms with Crippen LogP contribution >= 0.6 is 0 Å². The molecule has 5 N–H and O–H groups in total. The molecule has 66 valence electrons. The molecule has 0 amide bonds. The summed E-state index contributed by atoms with van der Waals surface area (Å²) in [5.74, 6) is 0. The van der Waals surface area contributed by atoms with Crippen LogP contribution in [0.4, 0.5) is 0 Å². The average molecular weight is 163 g/mol. The molecule has 11 heavy (non-hydrogen) atoms. The summed E-state index contributed by atoms with van der Waals surface area (Å²) in [7, 11) is 0. The second-order valence-electron chi connectivity index (χ2n) is 2.79. The van der Waals surface area contributed by atoms with Gasteiger partial charge in [-0.25, -0.2) is 0 Å². The zero-order chi connectivity index (χ0) is 8.59. The topological polar surface area (TPSA) is 95.9 Å². The number of hydrogen-bond acceptors (Lipinski definition) is 5. The summed E-state index contributed by atoms with van der Waals surface area (Å²) in [4.78, 5) is 0.